The largest absolute Gasteiger partial charge is 0.399 e. The highest BCUT2D eigenvalue weighted by Crippen LogP contribution is 2.13. The Hall–Kier alpha value is -1.55. The van der Waals surface area contributed by atoms with E-state index < -0.39 is 0 Å². The number of hydrogen-bond acceptors (Lipinski definition) is 3. The number of amides is 1. The summed E-state index contributed by atoms with van der Waals surface area (Å²) >= 11 is 0. The van der Waals surface area contributed by atoms with Gasteiger partial charge in [0.25, 0.3) is 5.91 Å². The summed E-state index contributed by atoms with van der Waals surface area (Å²) in [5.41, 5.74) is 7.90. The van der Waals surface area contributed by atoms with Gasteiger partial charge in [-0.25, -0.2) is 0 Å². The first kappa shape index (κ1) is 11.9. The molecule has 1 saturated heterocycles. The summed E-state index contributed by atoms with van der Waals surface area (Å²) in [4.78, 5) is 11.9. The third-order valence-corrected chi connectivity index (χ3v) is 3.01. The first-order valence-electron chi connectivity index (χ1n) is 5.93. The van der Waals surface area contributed by atoms with Gasteiger partial charge in [-0.1, -0.05) is 0 Å². The van der Waals surface area contributed by atoms with Crippen molar-refractivity contribution in [2.75, 3.05) is 18.9 Å². The Morgan fingerprint density at radius 1 is 1.59 bits per heavy atom. The fourth-order valence-corrected chi connectivity index (χ4v) is 2.05. The van der Waals surface area contributed by atoms with Gasteiger partial charge in [-0.15, -0.1) is 0 Å². The minimum Gasteiger partial charge on any atom is -0.399 e. The smallest absolute Gasteiger partial charge is 0.251 e. The van der Waals surface area contributed by atoms with Crippen molar-refractivity contribution in [3.8, 4) is 0 Å². The van der Waals surface area contributed by atoms with Crippen LogP contribution < -0.4 is 11.1 Å². The molecule has 4 heteroatoms. The Morgan fingerprint density at radius 2 is 2.41 bits per heavy atom. The van der Waals surface area contributed by atoms with Crippen LogP contribution >= 0.6 is 0 Å². The molecule has 1 heterocycles. The molecular formula is C13H18N2O2. The first-order chi connectivity index (χ1) is 8.16. The lowest BCUT2D eigenvalue weighted by Gasteiger charge is -2.12. The van der Waals surface area contributed by atoms with Crippen molar-refractivity contribution in [3.63, 3.8) is 0 Å². The van der Waals surface area contributed by atoms with E-state index in [1.54, 1.807) is 18.2 Å². The molecule has 0 bridgehead atoms. The molecule has 1 atom stereocenters. The van der Waals surface area contributed by atoms with Crippen molar-refractivity contribution < 1.29 is 9.53 Å². The van der Waals surface area contributed by atoms with E-state index in [9.17, 15) is 4.79 Å². The Kier molecular flexibility index (Phi) is 3.64. The van der Waals surface area contributed by atoms with E-state index in [0.29, 0.717) is 17.8 Å². The van der Waals surface area contributed by atoms with E-state index >= 15 is 0 Å². The molecule has 1 aliphatic rings. The van der Waals surface area contributed by atoms with Crippen LogP contribution in [0.15, 0.2) is 18.2 Å². The zero-order chi connectivity index (χ0) is 12.3. The monoisotopic (exact) mass is 234 g/mol. The van der Waals surface area contributed by atoms with Gasteiger partial charge >= 0.3 is 0 Å². The van der Waals surface area contributed by atoms with E-state index in [1.165, 1.54) is 0 Å². The third kappa shape index (κ3) is 2.97. The van der Waals surface area contributed by atoms with Crippen molar-refractivity contribution in [2.24, 2.45) is 0 Å². The maximum atomic E-state index is 11.9. The molecule has 1 aliphatic heterocycles. The fraction of sp³-hybridized carbons (Fsp3) is 0.462. The van der Waals surface area contributed by atoms with Gasteiger partial charge in [0.1, 0.15) is 0 Å². The van der Waals surface area contributed by atoms with Crippen LogP contribution in [0.3, 0.4) is 0 Å². The number of nitrogen functional groups attached to an aromatic ring is 1. The molecule has 17 heavy (non-hydrogen) atoms. The summed E-state index contributed by atoms with van der Waals surface area (Å²) in [6, 6.07) is 5.31. The summed E-state index contributed by atoms with van der Waals surface area (Å²) in [7, 11) is 0. The lowest BCUT2D eigenvalue weighted by atomic mass is 10.1. The molecule has 3 N–H and O–H groups in total. The van der Waals surface area contributed by atoms with Crippen LogP contribution in [0.1, 0.15) is 28.8 Å². The Balaban J connectivity index is 1.94. The quantitative estimate of drug-likeness (QED) is 0.779. The average molecular weight is 234 g/mol. The number of carbonyl (C=O) groups is 1. The van der Waals surface area contributed by atoms with Crippen molar-refractivity contribution in [1.29, 1.82) is 0 Å². The fourth-order valence-electron chi connectivity index (χ4n) is 2.05. The van der Waals surface area contributed by atoms with Gasteiger partial charge in [-0.05, 0) is 43.5 Å². The number of aryl methyl sites for hydroxylation is 1. The molecule has 92 valence electrons. The molecule has 0 spiro atoms. The van der Waals surface area contributed by atoms with E-state index in [-0.39, 0.29) is 12.0 Å². The predicted molar refractivity (Wildman–Crippen MR) is 66.9 cm³/mol. The second-order valence-electron chi connectivity index (χ2n) is 4.42. The normalized spacial score (nSPS) is 19.2. The topological polar surface area (TPSA) is 64.4 Å². The molecule has 1 aromatic carbocycles. The van der Waals surface area contributed by atoms with Crippen molar-refractivity contribution >= 4 is 11.6 Å². The molecule has 1 unspecified atom stereocenters. The second-order valence-corrected chi connectivity index (χ2v) is 4.42. The van der Waals surface area contributed by atoms with Gasteiger partial charge < -0.3 is 15.8 Å². The van der Waals surface area contributed by atoms with E-state index in [4.69, 9.17) is 10.5 Å². The van der Waals surface area contributed by atoms with Gasteiger partial charge in [0.15, 0.2) is 0 Å². The Morgan fingerprint density at radius 3 is 3.06 bits per heavy atom. The van der Waals surface area contributed by atoms with Gasteiger partial charge in [0.2, 0.25) is 0 Å². The minimum absolute atomic E-state index is 0.0574. The van der Waals surface area contributed by atoms with Crippen LogP contribution in [-0.4, -0.2) is 25.2 Å². The van der Waals surface area contributed by atoms with Crippen molar-refractivity contribution in [1.82, 2.24) is 5.32 Å². The van der Waals surface area contributed by atoms with Crippen LogP contribution in [0.2, 0.25) is 0 Å². The van der Waals surface area contributed by atoms with Gasteiger partial charge in [0.05, 0.1) is 6.10 Å². The SMILES string of the molecule is Cc1cc(N)ccc1C(=O)NCC1CCCO1. The highest BCUT2D eigenvalue weighted by atomic mass is 16.5. The third-order valence-electron chi connectivity index (χ3n) is 3.01. The van der Waals surface area contributed by atoms with Crippen LogP contribution in [-0.2, 0) is 4.74 Å². The zero-order valence-electron chi connectivity index (χ0n) is 10.0. The van der Waals surface area contributed by atoms with E-state index in [1.807, 2.05) is 6.92 Å². The zero-order valence-corrected chi connectivity index (χ0v) is 10.0. The molecule has 0 aromatic heterocycles. The van der Waals surface area contributed by atoms with E-state index in [0.717, 1.165) is 25.0 Å². The summed E-state index contributed by atoms with van der Waals surface area (Å²) < 4.78 is 5.45. The first-order valence-corrected chi connectivity index (χ1v) is 5.93. The lowest BCUT2D eigenvalue weighted by Crippen LogP contribution is -2.32. The maximum Gasteiger partial charge on any atom is 0.251 e. The molecule has 1 amide bonds. The van der Waals surface area contributed by atoms with Gasteiger partial charge in [0, 0.05) is 24.4 Å². The van der Waals surface area contributed by atoms with Crippen molar-refractivity contribution in [3.05, 3.63) is 29.3 Å². The molecule has 1 aromatic rings. The minimum atomic E-state index is -0.0574. The molecule has 0 radical (unpaired) electrons. The number of carbonyl (C=O) groups excluding carboxylic acids is 1. The summed E-state index contributed by atoms with van der Waals surface area (Å²) in [5.74, 6) is -0.0574. The molecule has 0 aliphatic carbocycles. The Labute approximate surface area is 101 Å². The summed E-state index contributed by atoms with van der Waals surface area (Å²) in [6.07, 6.45) is 2.29. The second kappa shape index (κ2) is 5.19. The lowest BCUT2D eigenvalue weighted by molar-refractivity contribution is 0.0857. The Bertz CT molecular complexity index is 412. The molecular weight excluding hydrogens is 216 g/mol. The standard InChI is InChI=1S/C13H18N2O2/c1-9-7-10(14)4-5-12(9)13(16)15-8-11-3-2-6-17-11/h4-5,7,11H,2-3,6,8,14H2,1H3,(H,15,16). The van der Waals surface area contributed by atoms with Gasteiger partial charge in [-0.2, -0.15) is 0 Å². The number of anilines is 1. The molecule has 1 fully saturated rings. The average Bonchev–Trinajstić information content (AvgIpc) is 2.78. The molecule has 0 saturated carbocycles. The summed E-state index contributed by atoms with van der Waals surface area (Å²) in [6.45, 7) is 3.28. The van der Waals surface area contributed by atoms with Crippen molar-refractivity contribution in [2.45, 2.75) is 25.9 Å². The van der Waals surface area contributed by atoms with E-state index in [2.05, 4.69) is 5.32 Å². The molecule has 4 nitrogen and oxygen atoms in total. The number of rotatable bonds is 3. The number of benzene rings is 1. The number of nitrogens with two attached hydrogens (primary N) is 1. The van der Waals surface area contributed by atoms with Gasteiger partial charge in [-0.3, -0.25) is 4.79 Å². The number of hydrogen-bond donors (Lipinski definition) is 2. The predicted octanol–water partition coefficient (Wildman–Crippen LogP) is 1.49. The van der Waals surface area contributed by atoms with Crippen LogP contribution in [0.4, 0.5) is 5.69 Å². The van der Waals surface area contributed by atoms with Crippen LogP contribution in [0.5, 0.6) is 0 Å². The highest BCUT2D eigenvalue weighted by molar-refractivity contribution is 5.96. The number of ether oxygens (including phenoxy) is 1. The molecule has 2 rings (SSSR count). The highest BCUT2D eigenvalue weighted by Gasteiger charge is 2.17. The van der Waals surface area contributed by atoms with Crippen LogP contribution in [0.25, 0.3) is 0 Å². The summed E-state index contributed by atoms with van der Waals surface area (Å²) in [5, 5.41) is 2.90. The maximum absolute atomic E-state index is 11.9. The number of nitrogens with one attached hydrogen (secondary N) is 1. The van der Waals surface area contributed by atoms with Crippen LogP contribution in [0, 0.1) is 6.92 Å².